The van der Waals surface area contributed by atoms with Gasteiger partial charge in [0, 0.05) is 19.4 Å². The van der Waals surface area contributed by atoms with Gasteiger partial charge in [-0.25, -0.2) is 0 Å². The summed E-state index contributed by atoms with van der Waals surface area (Å²) in [4.78, 5) is 0. The molecule has 0 unspecified atom stereocenters. The molecule has 9 heavy (non-hydrogen) atoms. The third-order valence-corrected chi connectivity index (χ3v) is 1.40. The average molecular weight is 129 g/mol. The molecule has 2 heteroatoms. The van der Waals surface area contributed by atoms with E-state index in [1.165, 1.54) is 0 Å². The van der Waals surface area contributed by atoms with Crippen LogP contribution in [0.5, 0.6) is 0 Å². The van der Waals surface area contributed by atoms with Crippen LogP contribution < -0.4 is 0 Å². The predicted molar refractivity (Wildman–Crippen MR) is 34.6 cm³/mol. The fourth-order valence-corrected chi connectivity index (χ4v) is 0.876. The molecule has 0 bridgehead atoms. The molecule has 0 aromatic carbocycles. The molecular formula is C7H13O2. The summed E-state index contributed by atoms with van der Waals surface area (Å²) in [5.41, 5.74) is 0. The smallest absolute Gasteiger partial charge is 0.169 e. The van der Waals surface area contributed by atoms with Crippen LogP contribution in [0.25, 0.3) is 0 Å². The maximum atomic E-state index is 5.33. The Morgan fingerprint density at radius 2 is 2.22 bits per heavy atom. The van der Waals surface area contributed by atoms with Crippen LogP contribution in [-0.2, 0) is 9.47 Å². The Morgan fingerprint density at radius 1 is 1.56 bits per heavy atom. The standard InChI is InChI=1S/C7H13O2/c1-3-8-7(5-6-7)9-4-2/h3H,4-6H2,1-2H3. The molecule has 0 aliphatic heterocycles. The molecule has 2 nitrogen and oxygen atoms in total. The first-order chi connectivity index (χ1) is 4.33. The molecule has 1 fully saturated rings. The van der Waals surface area contributed by atoms with E-state index in [0.29, 0.717) is 0 Å². The highest BCUT2D eigenvalue weighted by Gasteiger charge is 2.44. The van der Waals surface area contributed by atoms with Crippen molar-refractivity contribution in [1.82, 2.24) is 0 Å². The van der Waals surface area contributed by atoms with Crippen molar-refractivity contribution >= 4 is 0 Å². The first-order valence-electron chi connectivity index (χ1n) is 3.42. The molecule has 0 amide bonds. The molecule has 0 saturated heterocycles. The zero-order valence-corrected chi connectivity index (χ0v) is 6.02. The van der Waals surface area contributed by atoms with Crippen LogP contribution in [-0.4, -0.2) is 12.4 Å². The van der Waals surface area contributed by atoms with E-state index >= 15 is 0 Å². The van der Waals surface area contributed by atoms with Crippen molar-refractivity contribution in [3.8, 4) is 0 Å². The van der Waals surface area contributed by atoms with Gasteiger partial charge in [0.05, 0.1) is 6.61 Å². The van der Waals surface area contributed by atoms with Gasteiger partial charge >= 0.3 is 0 Å². The number of ether oxygens (including phenoxy) is 2. The van der Waals surface area contributed by atoms with Gasteiger partial charge in [0.25, 0.3) is 0 Å². The summed E-state index contributed by atoms with van der Waals surface area (Å²) in [5, 5.41) is 0. The molecule has 0 N–H and O–H groups in total. The number of hydrogen-bond acceptors (Lipinski definition) is 2. The lowest BCUT2D eigenvalue weighted by Crippen LogP contribution is -2.16. The second-order valence-electron chi connectivity index (χ2n) is 2.20. The van der Waals surface area contributed by atoms with E-state index in [0.717, 1.165) is 19.4 Å². The Balaban J connectivity index is 2.17. The molecule has 0 heterocycles. The van der Waals surface area contributed by atoms with Crippen molar-refractivity contribution in [1.29, 1.82) is 0 Å². The lowest BCUT2D eigenvalue weighted by atomic mass is 10.6. The highest BCUT2D eigenvalue weighted by molar-refractivity contribution is 4.86. The Kier molecular flexibility index (Phi) is 2.09. The van der Waals surface area contributed by atoms with Crippen LogP contribution in [0.1, 0.15) is 26.7 Å². The van der Waals surface area contributed by atoms with Gasteiger partial charge in [-0.3, -0.25) is 0 Å². The molecule has 1 radical (unpaired) electrons. The second kappa shape index (κ2) is 2.67. The normalized spacial score (nSPS) is 22.0. The maximum Gasteiger partial charge on any atom is 0.169 e. The molecule has 1 aliphatic carbocycles. The van der Waals surface area contributed by atoms with Gasteiger partial charge in [-0.15, -0.1) is 0 Å². The fraction of sp³-hybridized carbons (Fsp3) is 0.857. The predicted octanol–water partition coefficient (Wildman–Crippen LogP) is 1.71. The van der Waals surface area contributed by atoms with Crippen LogP contribution >= 0.6 is 0 Å². The van der Waals surface area contributed by atoms with E-state index in [1.807, 2.05) is 13.8 Å². The summed E-state index contributed by atoms with van der Waals surface area (Å²) in [7, 11) is 0. The Morgan fingerprint density at radius 3 is 2.56 bits per heavy atom. The summed E-state index contributed by atoms with van der Waals surface area (Å²) in [6.45, 7) is 6.30. The van der Waals surface area contributed by atoms with Gasteiger partial charge in [-0.2, -0.15) is 0 Å². The van der Waals surface area contributed by atoms with E-state index in [2.05, 4.69) is 0 Å². The highest BCUT2D eigenvalue weighted by atomic mass is 16.7. The largest absolute Gasteiger partial charge is 0.350 e. The second-order valence-corrected chi connectivity index (χ2v) is 2.20. The number of hydrogen-bond donors (Lipinski definition) is 0. The van der Waals surface area contributed by atoms with Gasteiger partial charge in [0.15, 0.2) is 5.79 Å². The molecule has 1 aliphatic rings. The molecule has 53 valence electrons. The van der Waals surface area contributed by atoms with Crippen LogP contribution in [0, 0.1) is 6.61 Å². The summed E-state index contributed by atoms with van der Waals surface area (Å²) in [6.07, 6.45) is 2.09. The zero-order chi connectivity index (χ0) is 6.74. The zero-order valence-electron chi connectivity index (χ0n) is 6.02. The molecule has 1 saturated carbocycles. The monoisotopic (exact) mass is 129 g/mol. The molecule has 1 rings (SSSR count). The van der Waals surface area contributed by atoms with Crippen LogP contribution in [0.15, 0.2) is 0 Å². The highest BCUT2D eigenvalue weighted by Crippen LogP contribution is 2.40. The molecule has 0 atom stereocenters. The van der Waals surface area contributed by atoms with Crippen molar-refractivity contribution in [2.75, 3.05) is 6.61 Å². The van der Waals surface area contributed by atoms with Crippen molar-refractivity contribution in [3.05, 3.63) is 6.61 Å². The lowest BCUT2D eigenvalue weighted by Gasteiger charge is -2.13. The van der Waals surface area contributed by atoms with Crippen molar-refractivity contribution in [2.24, 2.45) is 0 Å². The summed E-state index contributed by atoms with van der Waals surface area (Å²) < 4.78 is 10.6. The molecule has 0 aromatic rings. The van der Waals surface area contributed by atoms with Gasteiger partial charge < -0.3 is 9.47 Å². The van der Waals surface area contributed by atoms with Crippen molar-refractivity contribution in [3.63, 3.8) is 0 Å². The van der Waals surface area contributed by atoms with E-state index < -0.39 is 0 Å². The molecule has 0 spiro atoms. The van der Waals surface area contributed by atoms with Crippen LogP contribution in [0.3, 0.4) is 0 Å². The minimum Gasteiger partial charge on any atom is -0.350 e. The van der Waals surface area contributed by atoms with E-state index in [4.69, 9.17) is 9.47 Å². The van der Waals surface area contributed by atoms with E-state index in [9.17, 15) is 0 Å². The minimum absolute atomic E-state index is 0.205. The quantitative estimate of drug-likeness (QED) is 0.538. The Hall–Kier alpha value is -0.0800. The maximum absolute atomic E-state index is 5.33. The third-order valence-electron chi connectivity index (χ3n) is 1.40. The minimum atomic E-state index is -0.205. The van der Waals surface area contributed by atoms with Crippen molar-refractivity contribution in [2.45, 2.75) is 32.5 Å². The lowest BCUT2D eigenvalue weighted by molar-refractivity contribution is -0.141. The SMILES string of the molecule is C[CH]OC1(OCC)CC1. The summed E-state index contributed by atoms with van der Waals surface area (Å²) in [5.74, 6) is -0.205. The van der Waals surface area contributed by atoms with Crippen LogP contribution in [0.2, 0.25) is 0 Å². The molecule has 0 aromatic heterocycles. The van der Waals surface area contributed by atoms with Crippen molar-refractivity contribution < 1.29 is 9.47 Å². The van der Waals surface area contributed by atoms with Crippen LogP contribution in [0.4, 0.5) is 0 Å². The van der Waals surface area contributed by atoms with Gasteiger partial charge in [0.2, 0.25) is 0 Å². The summed E-state index contributed by atoms with van der Waals surface area (Å²) >= 11 is 0. The Bertz CT molecular complexity index is 78.9. The van der Waals surface area contributed by atoms with Gasteiger partial charge in [-0.1, -0.05) is 0 Å². The van der Waals surface area contributed by atoms with Gasteiger partial charge in [0.1, 0.15) is 0 Å². The van der Waals surface area contributed by atoms with E-state index in [1.54, 1.807) is 6.61 Å². The molecular weight excluding hydrogens is 116 g/mol. The average Bonchev–Trinajstić information content (AvgIpc) is 2.51. The van der Waals surface area contributed by atoms with Gasteiger partial charge in [-0.05, 0) is 13.8 Å². The third kappa shape index (κ3) is 1.66. The fourth-order valence-electron chi connectivity index (χ4n) is 0.876. The Labute approximate surface area is 56.2 Å². The summed E-state index contributed by atoms with van der Waals surface area (Å²) in [6, 6.07) is 0. The van der Waals surface area contributed by atoms with E-state index in [-0.39, 0.29) is 5.79 Å². The first-order valence-corrected chi connectivity index (χ1v) is 3.42. The topological polar surface area (TPSA) is 18.5 Å². The first kappa shape index (κ1) is 7.03. The number of rotatable bonds is 4.